The zero-order valence-electron chi connectivity index (χ0n) is 12.4. The highest BCUT2D eigenvalue weighted by Crippen LogP contribution is 2.16. The first kappa shape index (κ1) is 16.5. The van der Waals surface area contributed by atoms with Crippen LogP contribution < -0.4 is 5.32 Å². The van der Waals surface area contributed by atoms with Crippen molar-refractivity contribution < 1.29 is 0 Å². The van der Waals surface area contributed by atoms with E-state index in [0.29, 0.717) is 0 Å². The summed E-state index contributed by atoms with van der Waals surface area (Å²) in [7, 11) is 0. The minimum atomic E-state index is 0. The molecule has 1 aromatic carbocycles. The molecular formula is C16H27ClN2. The smallest absolute Gasteiger partial charge is 0.0237 e. The van der Waals surface area contributed by atoms with Gasteiger partial charge in [-0.05, 0) is 56.5 Å². The molecule has 19 heavy (non-hydrogen) atoms. The van der Waals surface area contributed by atoms with Crippen molar-refractivity contribution in [3.8, 4) is 0 Å². The molecule has 1 aliphatic heterocycles. The molecular weight excluding hydrogens is 256 g/mol. The Balaban J connectivity index is 0.00000180. The Morgan fingerprint density at radius 2 is 2.05 bits per heavy atom. The minimum Gasteiger partial charge on any atom is -0.315 e. The van der Waals surface area contributed by atoms with E-state index in [4.69, 9.17) is 0 Å². The highest BCUT2D eigenvalue weighted by atomic mass is 35.5. The lowest BCUT2D eigenvalue weighted by Gasteiger charge is -2.28. The molecule has 1 aliphatic rings. The van der Waals surface area contributed by atoms with Gasteiger partial charge in [0.1, 0.15) is 0 Å². The Hall–Kier alpha value is -0.570. The van der Waals surface area contributed by atoms with Crippen LogP contribution in [0.25, 0.3) is 0 Å². The first-order valence-electron chi connectivity index (χ1n) is 7.21. The van der Waals surface area contributed by atoms with Gasteiger partial charge in [-0.1, -0.05) is 25.1 Å². The normalized spacial score (nSPS) is 18.6. The number of hydrogen-bond donors (Lipinski definition) is 1. The van der Waals surface area contributed by atoms with Gasteiger partial charge in [0.25, 0.3) is 0 Å². The zero-order valence-corrected chi connectivity index (χ0v) is 13.2. The molecule has 2 rings (SSSR count). The van der Waals surface area contributed by atoms with Gasteiger partial charge in [0, 0.05) is 19.1 Å². The molecule has 1 aromatic rings. The average Bonchev–Trinajstić information content (AvgIpc) is 2.87. The van der Waals surface area contributed by atoms with Crippen molar-refractivity contribution in [2.45, 2.75) is 46.2 Å². The van der Waals surface area contributed by atoms with Gasteiger partial charge in [-0.3, -0.25) is 4.90 Å². The van der Waals surface area contributed by atoms with Crippen molar-refractivity contribution in [1.82, 2.24) is 10.2 Å². The Bertz CT molecular complexity index is 386. The fraction of sp³-hybridized carbons (Fsp3) is 0.625. The number of halogens is 1. The Morgan fingerprint density at radius 1 is 1.26 bits per heavy atom. The van der Waals surface area contributed by atoms with Crippen LogP contribution >= 0.6 is 12.4 Å². The Kier molecular flexibility index (Phi) is 6.84. The molecule has 1 N–H and O–H groups in total. The monoisotopic (exact) mass is 282 g/mol. The molecule has 0 amide bonds. The number of aryl methyl sites for hydroxylation is 2. The second kappa shape index (κ2) is 7.88. The summed E-state index contributed by atoms with van der Waals surface area (Å²) in [6.07, 6.45) is 2.53. The van der Waals surface area contributed by atoms with Crippen molar-refractivity contribution in [3.05, 3.63) is 34.9 Å². The Labute approximate surface area is 124 Å². The third-order valence-electron chi connectivity index (χ3n) is 4.02. The fourth-order valence-electron chi connectivity index (χ4n) is 2.77. The summed E-state index contributed by atoms with van der Waals surface area (Å²) in [5, 5.41) is 3.48. The second-order valence-corrected chi connectivity index (χ2v) is 5.54. The van der Waals surface area contributed by atoms with E-state index in [1.54, 1.807) is 0 Å². The summed E-state index contributed by atoms with van der Waals surface area (Å²) in [4.78, 5) is 2.64. The summed E-state index contributed by atoms with van der Waals surface area (Å²) in [6.45, 7) is 11.3. The van der Waals surface area contributed by atoms with Gasteiger partial charge in [-0.25, -0.2) is 0 Å². The van der Waals surface area contributed by atoms with Crippen LogP contribution in [0.1, 0.15) is 36.5 Å². The molecule has 2 nitrogen and oxygen atoms in total. The lowest BCUT2D eigenvalue weighted by Crippen LogP contribution is -2.36. The van der Waals surface area contributed by atoms with Crippen LogP contribution in [-0.4, -0.2) is 30.6 Å². The molecule has 0 radical (unpaired) electrons. The van der Waals surface area contributed by atoms with E-state index < -0.39 is 0 Å². The summed E-state index contributed by atoms with van der Waals surface area (Å²) in [6, 6.07) is 7.61. The SMILES string of the molecule is CCCN(Cc1ccc(C)c(C)c1)C1CCNC1.Cl. The van der Waals surface area contributed by atoms with Crippen LogP contribution in [0.5, 0.6) is 0 Å². The van der Waals surface area contributed by atoms with Gasteiger partial charge >= 0.3 is 0 Å². The molecule has 0 bridgehead atoms. The highest BCUT2D eigenvalue weighted by molar-refractivity contribution is 5.85. The third kappa shape index (κ3) is 4.48. The van der Waals surface area contributed by atoms with E-state index in [2.05, 4.69) is 49.2 Å². The van der Waals surface area contributed by atoms with Crippen LogP contribution in [0.2, 0.25) is 0 Å². The molecule has 1 heterocycles. The lowest BCUT2D eigenvalue weighted by molar-refractivity contribution is 0.199. The number of nitrogens with one attached hydrogen (secondary N) is 1. The van der Waals surface area contributed by atoms with Gasteiger partial charge in [0.15, 0.2) is 0 Å². The molecule has 1 saturated heterocycles. The molecule has 3 heteroatoms. The number of hydrogen-bond acceptors (Lipinski definition) is 2. The van der Waals surface area contributed by atoms with Gasteiger partial charge in [0.2, 0.25) is 0 Å². The molecule has 0 aromatic heterocycles. The molecule has 0 spiro atoms. The maximum Gasteiger partial charge on any atom is 0.0237 e. The first-order valence-corrected chi connectivity index (χ1v) is 7.21. The second-order valence-electron chi connectivity index (χ2n) is 5.54. The van der Waals surface area contributed by atoms with Gasteiger partial charge in [-0.15, -0.1) is 12.4 Å². The van der Waals surface area contributed by atoms with Crippen LogP contribution in [-0.2, 0) is 6.54 Å². The van der Waals surface area contributed by atoms with Crippen LogP contribution in [0.15, 0.2) is 18.2 Å². The predicted octanol–water partition coefficient (Wildman–Crippen LogP) is 3.30. The topological polar surface area (TPSA) is 15.3 Å². The van der Waals surface area contributed by atoms with Gasteiger partial charge in [-0.2, -0.15) is 0 Å². The molecule has 0 aliphatic carbocycles. The van der Waals surface area contributed by atoms with E-state index in [-0.39, 0.29) is 12.4 Å². The van der Waals surface area contributed by atoms with Crippen molar-refractivity contribution in [1.29, 1.82) is 0 Å². The quantitative estimate of drug-likeness (QED) is 0.891. The molecule has 1 atom stereocenters. The summed E-state index contributed by atoms with van der Waals surface area (Å²) in [5.41, 5.74) is 4.26. The van der Waals surface area contributed by atoms with E-state index in [9.17, 15) is 0 Å². The predicted molar refractivity (Wildman–Crippen MR) is 85.1 cm³/mol. The standard InChI is InChI=1S/C16H26N2.ClH/c1-4-9-18(16-7-8-17-11-16)12-15-6-5-13(2)14(3)10-15;/h5-6,10,16-17H,4,7-9,11-12H2,1-3H3;1H. The minimum absolute atomic E-state index is 0. The van der Waals surface area contributed by atoms with Crippen LogP contribution in [0, 0.1) is 13.8 Å². The maximum atomic E-state index is 3.48. The fourth-order valence-corrected chi connectivity index (χ4v) is 2.77. The molecule has 1 fully saturated rings. The number of benzene rings is 1. The number of nitrogens with zero attached hydrogens (tertiary/aromatic N) is 1. The van der Waals surface area contributed by atoms with Gasteiger partial charge in [0.05, 0.1) is 0 Å². The van der Waals surface area contributed by atoms with Crippen molar-refractivity contribution >= 4 is 12.4 Å². The van der Waals surface area contributed by atoms with Gasteiger partial charge < -0.3 is 5.32 Å². The van der Waals surface area contributed by atoms with E-state index in [0.717, 1.165) is 19.1 Å². The summed E-state index contributed by atoms with van der Waals surface area (Å²) in [5.74, 6) is 0. The molecule has 108 valence electrons. The average molecular weight is 283 g/mol. The van der Waals surface area contributed by atoms with E-state index >= 15 is 0 Å². The summed E-state index contributed by atoms with van der Waals surface area (Å²) < 4.78 is 0. The zero-order chi connectivity index (χ0) is 13.0. The number of rotatable bonds is 5. The first-order chi connectivity index (χ1) is 8.70. The van der Waals surface area contributed by atoms with Crippen molar-refractivity contribution in [2.24, 2.45) is 0 Å². The lowest BCUT2D eigenvalue weighted by atomic mass is 10.1. The third-order valence-corrected chi connectivity index (χ3v) is 4.02. The van der Waals surface area contributed by atoms with Crippen molar-refractivity contribution in [3.63, 3.8) is 0 Å². The van der Waals surface area contributed by atoms with Crippen LogP contribution in [0.3, 0.4) is 0 Å². The largest absolute Gasteiger partial charge is 0.315 e. The maximum absolute atomic E-state index is 3.48. The highest BCUT2D eigenvalue weighted by Gasteiger charge is 2.21. The van der Waals surface area contributed by atoms with Crippen molar-refractivity contribution in [2.75, 3.05) is 19.6 Å². The van der Waals surface area contributed by atoms with E-state index in [1.165, 1.54) is 42.6 Å². The Morgan fingerprint density at radius 3 is 2.63 bits per heavy atom. The molecule has 1 unspecified atom stereocenters. The molecule has 0 saturated carbocycles. The van der Waals surface area contributed by atoms with E-state index in [1.807, 2.05) is 0 Å². The van der Waals surface area contributed by atoms with Crippen LogP contribution in [0.4, 0.5) is 0 Å². The summed E-state index contributed by atoms with van der Waals surface area (Å²) >= 11 is 0.